The van der Waals surface area contributed by atoms with E-state index >= 15 is 0 Å². The molecule has 0 bridgehead atoms. The number of rotatable bonds is 1. The Morgan fingerprint density at radius 1 is 1.30 bits per heavy atom. The Balaban J connectivity index is 2.21. The minimum Gasteiger partial charge on any atom is -0.805 e. The van der Waals surface area contributed by atoms with Gasteiger partial charge in [0, 0.05) is 16.9 Å². The topological polar surface area (TPSA) is 51.0 Å². The van der Waals surface area contributed by atoms with Crippen LogP contribution in [0.4, 0.5) is 4.39 Å². The summed E-state index contributed by atoms with van der Waals surface area (Å²) in [7, 11) is 0. The lowest BCUT2D eigenvalue weighted by Gasteiger charge is -2.23. The predicted molar refractivity (Wildman–Crippen MR) is 73.3 cm³/mol. The van der Waals surface area contributed by atoms with Gasteiger partial charge < -0.3 is 9.94 Å². The zero-order valence-corrected chi connectivity index (χ0v) is 11.2. The SMILES string of the molecule is Cc1cc(-c2c[n+](=O)c3c(n2[O-])CCCC3)ccc1F. The molecule has 2 aromatic rings. The highest BCUT2D eigenvalue weighted by atomic mass is 19.1. The van der Waals surface area contributed by atoms with Crippen molar-refractivity contribution in [2.75, 3.05) is 0 Å². The lowest BCUT2D eigenvalue weighted by Crippen LogP contribution is -2.29. The van der Waals surface area contributed by atoms with Crippen LogP contribution in [0.15, 0.2) is 24.4 Å². The second kappa shape index (κ2) is 4.74. The maximum Gasteiger partial charge on any atom is 0.258 e. The van der Waals surface area contributed by atoms with Gasteiger partial charge in [0.15, 0.2) is 0 Å². The van der Waals surface area contributed by atoms with E-state index in [2.05, 4.69) is 0 Å². The molecule has 1 aliphatic carbocycles. The van der Waals surface area contributed by atoms with Gasteiger partial charge in [-0.15, -0.1) is 0 Å². The van der Waals surface area contributed by atoms with Crippen LogP contribution in [0.25, 0.3) is 11.3 Å². The molecule has 0 saturated carbocycles. The third-order valence-electron chi connectivity index (χ3n) is 3.83. The summed E-state index contributed by atoms with van der Waals surface area (Å²) >= 11 is 0. The maximum absolute atomic E-state index is 13.3. The summed E-state index contributed by atoms with van der Waals surface area (Å²) in [5, 5.41) is 12.4. The fourth-order valence-corrected chi connectivity index (χ4v) is 2.71. The van der Waals surface area contributed by atoms with Crippen LogP contribution in [0.3, 0.4) is 0 Å². The van der Waals surface area contributed by atoms with Crippen LogP contribution in [-0.4, -0.2) is 4.73 Å². The second-order valence-corrected chi connectivity index (χ2v) is 5.20. The van der Waals surface area contributed by atoms with E-state index in [0.29, 0.717) is 35.4 Å². The Morgan fingerprint density at radius 2 is 2.05 bits per heavy atom. The molecule has 5 heteroatoms. The van der Waals surface area contributed by atoms with E-state index in [9.17, 15) is 14.5 Å². The highest BCUT2D eigenvalue weighted by molar-refractivity contribution is 5.60. The molecule has 0 atom stereocenters. The third kappa shape index (κ3) is 1.99. The molecule has 104 valence electrons. The van der Waals surface area contributed by atoms with Crippen molar-refractivity contribution in [1.29, 1.82) is 0 Å². The second-order valence-electron chi connectivity index (χ2n) is 5.20. The van der Waals surface area contributed by atoms with E-state index in [1.165, 1.54) is 18.3 Å². The molecule has 0 aliphatic heterocycles. The van der Waals surface area contributed by atoms with Gasteiger partial charge in [-0.3, -0.25) is 0 Å². The number of fused-ring (bicyclic) bond motifs is 1. The van der Waals surface area contributed by atoms with E-state index in [4.69, 9.17) is 0 Å². The van der Waals surface area contributed by atoms with Crippen molar-refractivity contribution in [3.8, 4) is 11.3 Å². The average molecular weight is 274 g/mol. The van der Waals surface area contributed by atoms with Crippen molar-refractivity contribution in [2.45, 2.75) is 32.6 Å². The molecule has 1 aromatic heterocycles. The Bertz CT molecular complexity index is 737. The van der Waals surface area contributed by atoms with Crippen molar-refractivity contribution < 1.29 is 8.82 Å². The van der Waals surface area contributed by atoms with E-state index in [1.54, 1.807) is 13.0 Å². The first-order valence-electron chi connectivity index (χ1n) is 6.72. The van der Waals surface area contributed by atoms with Crippen LogP contribution in [-0.2, 0) is 12.8 Å². The number of aromatic nitrogens is 2. The summed E-state index contributed by atoms with van der Waals surface area (Å²) in [5.41, 5.74) is 2.41. The zero-order valence-electron chi connectivity index (χ0n) is 11.2. The van der Waals surface area contributed by atoms with Crippen LogP contribution < -0.4 is 4.43 Å². The van der Waals surface area contributed by atoms with Crippen LogP contribution in [0.2, 0.25) is 0 Å². The summed E-state index contributed by atoms with van der Waals surface area (Å²) in [4.78, 5) is 12.1. The van der Waals surface area contributed by atoms with Crippen LogP contribution >= 0.6 is 0 Å². The smallest absolute Gasteiger partial charge is 0.258 e. The number of hydrogen-bond donors (Lipinski definition) is 0. The normalized spacial score (nSPS) is 14.1. The van der Waals surface area contributed by atoms with Crippen molar-refractivity contribution in [3.63, 3.8) is 0 Å². The first-order valence-corrected chi connectivity index (χ1v) is 6.72. The van der Waals surface area contributed by atoms with Crippen LogP contribution in [0, 0.1) is 22.9 Å². The van der Waals surface area contributed by atoms with Crippen LogP contribution in [0.1, 0.15) is 29.8 Å². The highest BCUT2D eigenvalue weighted by Crippen LogP contribution is 2.25. The molecule has 0 unspecified atom stereocenters. The molecule has 0 radical (unpaired) electrons. The number of halogens is 1. The lowest BCUT2D eigenvalue weighted by atomic mass is 9.99. The summed E-state index contributed by atoms with van der Waals surface area (Å²) < 4.78 is 14.9. The van der Waals surface area contributed by atoms with E-state index in [-0.39, 0.29) is 11.5 Å². The minimum absolute atomic E-state index is 0.281. The van der Waals surface area contributed by atoms with Gasteiger partial charge in [-0.25, -0.2) is 4.39 Å². The summed E-state index contributed by atoms with van der Waals surface area (Å²) in [6.07, 6.45) is 4.41. The molecule has 0 fully saturated rings. The quantitative estimate of drug-likeness (QED) is 0.751. The molecule has 0 spiro atoms. The van der Waals surface area contributed by atoms with E-state index < -0.39 is 0 Å². The van der Waals surface area contributed by atoms with Gasteiger partial charge in [0.25, 0.3) is 11.9 Å². The molecular formula is C15H15FN2O2. The number of hydrogen-bond acceptors (Lipinski definition) is 2. The highest BCUT2D eigenvalue weighted by Gasteiger charge is 2.23. The number of aryl methyl sites for hydroxylation is 1. The molecule has 0 saturated heterocycles. The molecule has 4 nitrogen and oxygen atoms in total. The van der Waals surface area contributed by atoms with E-state index in [1.807, 2.05) is 0 Å². The Morgan fingerprint density at radius 3 is 2.80 bits per heavy atom. The van der Waals surface area contributed by atoms with Gasteiger partial charge in [-0.2, -0.15) is 0 Å². The molecule has 1 aromatic carbocycles. The predicted octanol–water partition coefficient (Wildman–Crippen LogP) is 2.74. The first kappa shape index (κ1) is 12.8. The average Bonchev–Trinajstić information content (AvgIpc) is 2.46. The van der Waals surface area contributed by atoms with Gasteiger partial charge in [0.05, 0.1) is 10.1 Å². The summed E-state index contributed by atoms with van der Waals surface area (Å²) in [5.74, 6) is -0.320. The standard InChI is InChI=1S/C15H15FN2O2/c1-10-8-11(6-7-12(10)16)15-9-17(19)13-4-2-3-5-14(13)18(15)20/h6-9H,2-5H2,1H3. The maximum atomic E-state index is 13.3. The number of benzene rings is 1. The monoisotopic (exact) mass is 274 g/mol. The Labute approximate surface area is 115 Å². The fraction of sp³-hybridized carbons (Fsp3) is 0.333. The zero-order chi connectivity index (χ0) is 14.3. The van der Waals surface area contributed by atoms with Crippen molar-refractivity contribution >= 4 is 0 Å². The summed E-state index contributed by atoms with van der Waals surface area (Å²) in [6.45, 7) is 1.64. The minimum atomic E-state index is -0.320. The van der Waals surface area contributed by atoms with Gasteiger partial charge in [0.2, 0.25) is 0 Å². The van der Waals surface area contributed by atoms with E-state index in [0.717, 1.165) is 22.0 Å². The van der Waals surface area contributed by atoms with Gasteiger partial charge in [0.1, 0.15) is 11.5 Å². The third-order valence-corrected chi connectivity index (χ3v) is 3.83. The van der Waals surface area contributed by atoms with Crippen molar-refractivity contribution in [3.05, 3.63) is 57.3 Å². The fourth-order valence-electron chi connectivity index (χ4n) is 2.71. The van der Waals surface area contributed by atoms with Gasteiger partial charge in [-0.05, 0) is 49.9 Å². The van der Waals surface area contributed by atoms with Crippen LogP contribution in [0.5, 0.6) is 0 Å². The Hall–Kier alpha value is -2.17. The molecule has 0 N–H and O–H groups in total. The van der Waals surface area contributed by atoms with Gasteiger partial charge in [-0.1, -0.05) is 0 Å². The van der Waals surface area contributed by atoms with Crippen molar-refractivity contribution in [2.24, 2.45) is 0 Å². The Kier molecular flexibility index (Phi) is 3.04. The summed E-state index contributed by atoms with van der Waals surface area (Å²) in [6, 6.07) is 4.44. The molecule has 0 amide bonds. The molecule has 20 heavy (non-hydrogen) atoms. The number of nitrogens with zero attached hydrogens (tertiary/aromatic N) is 2. The molecular weight excluding hydrogens is 259 g/mol. The molecule has 3 rings (SSSR count). The largest absolute Gasteiger partial charge is 0.805 e. The molecule has 1 heterocycles. The van der Waals surface area contributed by atoms with Crippen molar-refractivity contribution in [1.82, 2.24) is 4.73 Å². The lowest BCUT2D eigenvalue weighted by molar-refractivity contribution is -0.506. The van der Waals surface area contributed by atoms with Gasteiger partial charge >= 0.3 is 0 Å². The molecule has 1 aliphatic rings. The first-order chi connectivity index (χ1) is 9.58.